The zero-order valence-electron chi connectivity index (χ0n) is 16.8. The Bertz CT molecular complexity index is 934. The normalized spacial score (nSPS) is 17.5. The number of amides is 1. The summed E-state index contributed by atoms with van der Waals surface area (Å²) in [6.45, 7) is 9.12. The number of ether oxygens (including phenoxy) is 2. The number of nitrogens with zero attached hydrogens (tertiary/aromatic N) is 2. The lowest BCUT2D eigenvalue weighted by Crippen LogP contribution is -2.59. The summed E-state index contributed by atoms with van der Waals surface area (Å²) in [6, 6.07) is 4.07. The highest BCUT2D eigenvalue weighted by molar-refractivity contribution is 5.87. The lowest BCUT2D eigenvalue weighted by atomic mass is 9.77. The van der Waals surface area contributed by atoms with Crippen molar-refractivity contribution >= 4 is 23.0 Å². The Morgan fingerprint density at radius 2 is 2.00 bits per heavy atom. The molecule has 150 valence electrons. The number of fused-ring (bicyclic) bond motifs is 3. The van der Waals surface area contributed by atoms with E-state index >= 15 is 0 Å². The number of hydrogen-bond donors (Lipinski definition) is 0. The summed E-state index contributed by atoms with van der Waals surface area (Å²) in [6.07, 6.45) is 1.60. The summed E-state index contributed by atoms with van der Waals surface area (Å²) in [7, 11) is 0. The summed E-state index contributed by atoms with van der Waals surface area (Å²) in [5.74, 6) is -0.304. The van der Waals surface area contributed by atoms with Gasteiger partial charge in [-0.3, -0.25) is 4.79 Å². The first-order valence-corrected chi connectivity index (χ1v) is 9.72. The zero-order valence-corrected chi connectivity index (χ0v) is 16.8. The van der Waals surface area contributed by atoms with Crippen LogP contribution in [-0.2, 0) is 33.5 Å². The maximum Gasteiger partial charge on any atom is 0.410 e. The van der Waals surface area contributed by atoms with E-state index in [1.807, 2.05) is 26.8 Å². The number of hydrogen-bond acceptors (Lipinski definition) is 6. The molecule has 2 aliphatic rings. The molecule has 7 nitrogen and oxygen atoms in total. The van der Waals surface area contributed by atoms with Gasteiger partial charge in [0.25, 0.3) is 0 Å². The molecule has 0 N–H and O–H groups in total. The van der Waals surface area contributed by atoms with Crippen molar-refractivity contribution in [2.75, 3.05) is 19.7 Å². The molecule has 2 aromatic rings. The molecule has 1 aromatic carbocycles. The standard InChI is InChI=1S/C21H26N2O5/c1-5-26-17(24)8-16-14-7-6-13-9-21(10-15(13)18(14)28-22-16)11-23(12-21)19(25)27-20(2,3)4/h6-7H,5,8-12H2,1-4H3. The number of benzene rings is 1. The zero-order chi connectivity index (χ0) is 20.1. The van der Waals surface area contributed by atoms with E-state index in [0.29, 0.717) is 25.4 Å². The molecule has 0 unspecified atom stereocenters. The second kappa shape index (κ2) is 6.50. The van der Waals surface area contributed by atoms with Crippen molar-refractivity contribution in [1.82, 2.24) is 10.1 Å². The van der Waals surface area contributed by atoms with Crippen LogP contribution in [0.4, 0.5) is 4.79 Å². The smallest absolute Gasteiger partial charge is 0.410 e. The van der Waals surface area contributed by atoms with Gasteiger partial charge in [0.15, 0.2) is 5.58 Å². The van der Waals surface area contributed by atoms with E-state index in [0.717, 1.165) is 29.4 Å². The molecule has 1 spiro atoms. The quantitative estimate of drug-likeness (QED) is 0.753. The molecule has 4 rings (SSSR count). The lowest BCUT2D eigenvalue weighted by Gasteiger charge is -2.48. The van der Waals surface area contributed by atoms with Crippen molar-refractivity contribution in [1.29, 1.82) is 0 Å². The number of esters is 1. The molecule has 0 atom stereocenters. The van der Waals surface area contributed by atoms with E-state index in [1.54, 1.807) is 11.8 Å². The minimum atomic E-state index is -0.486. The molecule has 1 amide bonds. The van der Waals surface area contributed by atoms with Crippen LogP contribution >= 0.6 is 0 Å². The molecule has 1 aliphatic heterocycles. The van der Waals surface area contributed by atoms with Crippen molar-refractivity contribution < 1.29 is 23.6 Å². The number of aromatic nitrogens is 1. The van der Waals surface area contributed by atoms with E-state index in [-0.39, 0.29) is 23.9 Å². The Labute approximate surface area is 163 Å². The Morgan fingerprint density at radius 3 is 2.68 bits per heavy atom. The fraction of sp³-hybridized carbons (Fsp3) is 0.571. The predicted octanol–water partition coefficient (Wildman–Crippen LogP) is 3.27. The molecule has 1 saturated heterocycles. The van der Waals surface area contributed by atoms with Crippen LogP contribution in [0.15, 0.2) is 16.7 Å². The summed E-state index contributed by atoms with van der Waals surface area (Å²) < 4.78 is 16.1. The van der Waals surface area contributed by atoms with Crippen molar-refractivity contribution in [3.63, 3.8) is 0 Å². The Morgan fingerprint density at radius 1 is 1.25 bits per heavy atom. The van der Waals surface area contributed by atoms with Crippen LogP contribution in [0.3, 0.4) is 0 Å². The highest BCUT2D eigenvalue weighted by Crippen LogP contribution is 2.46. The highest BCUT2D eigenvalue weighted by atomic mass is 16.6. The topological polar surface area (TPSA) is 81.9 Å². The molecule has 28 heavy (non-hydrogen) atoms. The van der Waals surface area contributed by atoms with E-state index < -0.39 is 5.60 Å². The molecule has 1 fully saturated rings. The Hall–Kier alpha value is -2.57. The molecule has 1 aliphatic carbocycles. The number of carbonyl (C=O) groups is 2. The summed E-state index contributed by atoms with van der Waals surface area (Å²) in [5, 5.41) is 4.98. The second-order valence-electron chi connectivity index (χ2n) is 8.88. The maximum absolute atomic E-state index is 12.3. The molecule has 7 heteroatoms. The molecule has 1 aromatic heterocycles. The average Bonchev–Trinajstić information content (AvgIpc) is 3.13. The Balaban J connectivity index is 1.49. The van der Waals surface area contributed by atoms with Crippen molar-refractivity contribution in [2.45, 2.75) is 52.6 Å². The van der Waals surface area contributed by atoms with Crippen molar-refractivity contribution in [3.05, 3.63) is 29.0 Å². The SMILES string of the molecule is CCOC(=O)Cc1noc2c3c(ccc12)CC1(C3)CN(C(=O)OC(C)(C)C)C1. The first kappa shape index (κ1) is 18.8. The lowest BCUT2D eigenvalue weighted by molar-refractivity contribution is -0.142. The van der Waals surface area contributed by atoms with Crippen LogP contribution in [0.2, 0.25) is 0 Å². The minimum Gasteiger partial charge on any atom is -0.466 e. The van der Waals surface area contributed by atoms with Gasteiger partial charge in [-0.25, -0.2) is 4.79 Å². The molecule has 0 bridgehead atoms. The monoisotopic (exact) mass is 386 g/mol. The third-order valence-corrected chi connectivity index (χ3v) is 5.35. The molecular weight excluding hydrogens is 360 g/mol. The minimum absolute atomic E-state index is 0.0433. The predicted molar refractivity (Wildman–Crippen MR) is 102 cm³/mol. The van der Waals surface area contributed by atoms with E-state index in [1.165, 1.54) is 5.56 Å². The van der Waals surface area contributed by atoms with Gasteiger partial charge in [0.1, 0.15) is 11.3 Å². The van der Waals surface area contributed by atoms with E-state index in [4.69, 9.17) is 14.0 Å². The van der Waals surface area contributed by atoms with Gasteiger partial charge in [-0.2, -0.15) is 0 Å². The number of carbonyl (C=O) groups excluding carboxylic acids is 2. The molecular formula is C21H26N2O5. The van der Waals surface area contributed by atoms with Gasteiger partial charge in [0, 0.05) is 29.5 Å². The number of likely N-dealkylation sites (tertiary alicyclic amines) is 1. The van der Waals surface area contributed by atoms with Gasteiger partial charge in [-0.05, 0) is 52.2 Å². The van der Waals surface area contributed by atoms with Gasteiger partial charge >= 0.3 is 12.1 Å². The number of rotatable bonds is 3. The Kier molecular flexibility index (Phi) is 4.36. The fourth-order valence-corrected chi connectivity index (χ4v) is 4.27. The molecule has 0 radical (unpaired) electrons. The van der Waals surface area contributed by atoms with Gasteiger partial charge in [-0.15, -0.1) is 0 Å². The van der Waals surface area contributed by atoms with Gasteiger partial charge in [0.2, 0.25) is 0 Å². The summed E-state index contributed by atoms with van der Waals surface area (Å²) in [4.78, 5) is 25.8. The van der Waals surface area contributed by atoms with Crippen LogP contribution in [0.1, 0.15) is 44.5 Å². The average molecular weight is 386 g/mol. The second-order valence-corrected chi connectivity index (χ2v) is 8.88. The molecule has 2 heterocycles. The summed E-state index contributed by atoms with van der Waals surface area (Å²) >= 11 is 0. The van der Waals surface area contributed by atoms with Gasteiger partial charge in [0.05, 0.1) is 13.0 Å². The van der Waals surface area contributed by atoms with Crippen LogP contribution in [-0.4, -0.2) is 47.4 Å². The first-order valence-electron chi connectivity index (χ1n) is 9.72. The highest BCUT2D eigenvalue weighted by Gasteiger charge is 2.50. The largest absolute Gasteiger partial charge is 0.466 e. The fourth-order valence-electron chi connectivity index (χ4n) is 4.27. The van der Waals surface area contributed by atoms with Crippen LogP contribution in [0.25, 0.3) is 11.0 Å². The third kappa shape index (κ3) is 3.34. The van der Waals surface area contributed by atoms with Crippen molar-refractivity contribution in [3.8, 4) is 0 Å². The third-order valence-electron chi connectivity index (χ3n) is 5.35. The van der Waals surface area contributed by atoms with Crippen molar-refractivity contribution in [2.24, 2.45) is 5.41 Å². The summed E-state index contributed by atoms with van der Waals surface area (Å²) in [5.41, 5.74) is 3.30. The van der Waals surface area contributed by atoms with Crippen LogP contribution in [0.5, 0.6) is 0 Å². The first-order chi connectivity index (χ1) is 13.2. The maximum atomic E-state index is 12.3. The molecule has 0 saturated carbocycles. The van der Waals surface area contributed by atoms with E-state index in [2.05, 4.69) is 11.2 Å². The van der Waals surface area contributed by atoms with Crippen LogP contribution < -0.4 is 0 Å². The van der Waals surface area contributed by atoms with E-state index in [9.17, 15) is 9.59 Å². The van der Waals surface area contributed by atoms with Crippen LogP contribution in [0, 0.1) is 5.41 Å². The van der Waals surface area contributed by atoms with Gasteiger partial charge < -0.3 is 18.9 Å². The van der Waals surface area contributed by atoms with Gasteiger partial charge in [-0.1, -0.05) is 11.2 Å².